The van der Waals surface area contributed by atoms with Crippen molar-refractivity contribution in [3.8, 4) is 11.3 Å². The molecule has 3 nitrogen and oxygen atoms in total. The third-order valence-corrected chi connectivity index (χ3v) is 3.02. The highest BCUT2D eigenvalue weighted by Gasteiger charge is 2.01. The van der Waals surface area contributed by atoms with Gasteiger partial charge in [0.25, 0.3) is 0 Å². The predicted molar refractivity (Wildman–Crippen MR) is 82.8 cm³/mol. The van der Waals surface area contributed by atoms with Crippen molar-refractivity contribution in [1.82, 2.24) is 4.98 Å². The van der Waals surface area contributed by atoms with Crippen molar-refractivity contribution in [3.05, 3.63) is 42.6 Å². The lowest BCUT2D eigenvalue weighted by Crippen LogP contribution is -2.07. The van der Waals surface area contributed by atoms with E-state index in [1.165, 1.54) is 5.69 Å². The van der Waals surface area contributed by atoms with E-state index >= 15 is 0 Å². The van der Waals surface area contributed by atoms with Crippen LogP contribution in [0.5, 0.6) is 0 Å². The molecule has 0 atom stereocenters. The standard InChI is InChI=1S/C16H21N3/c1-4-10-17-14-9-11-18-16(12-14)13-5-7-15(8-6-13)19(2)3/h5-9,11-12H,4,10H2,1-3H3,(H,17,18). The van der Waals surface area contributed by atoms with Gasteiger partial charge in [0, 0.05) is 43.8 Å². The largest absolute Gasteiger partial charge is 0.385 e. The summed E-state index contributed by atoms with van der Waals surface area (Å²) in [6, 6.07) is 12.6. The second kappa shape index (κ2) is 6.23. The van der Waals surface area contributed by atoms with E-state index in [0.717, 1.165) is 29.9 Å². The van der Waals surface area contributed by atoms with Crippen LogP contribution < -0.4 is 10.2 Å². The lowest BCUT2D eigenvalue weighted by Gasteiger charge is -2.13. The van der Waals surface area contributed by atoms with E-state index in [1.807, 2.05) is 26.4 Å². The molecule has 1 heterocycles. The fourth-order valence-electron chi connectivity index (χ4n) is 1.90. The molecule has 1 N–H and O–H groups in total. The molecule has 0 aliphatic heterocycles. The van der Waals surface area contributed by atoms with Gasteiger partial charge in [0.05, 0.1) is 5.69 Å². The summed E-state index contributed by atoms with van der Waals surface area (Å²) >= 11 is 0. The van der Waals surface area contributed by atoms with Crippen LogP contribution in [0.2, 0.25) is 0 Å². The fourth-order valence-corrected chi connectivity index (χ4v) is 1.90. The molecule has 2 rings (SSSR count). The summed E-state index contributed by atoms with van der Waals surface area (Å²) < 4.78 is 0. The molecule has 0 aliphatic carbocycles. The molecule has 100 valence electrons. The van der Waals surface area contributed by atoms with Gasteiger partial charge in [-0.25, -0.2) is 0 Å². The highest BCUT2D eigenvalue weighted by molar-refractivity contribution is 5.66. The topological polar surface area (TPSA) is 28.2 Å². The molecular formula is C16H21N3. The number of pyridine rings is 1. The first-order valence-corrected chi connectivity index (χ1v) is 6.68. The molecule has 2 aromatic rings. The van der Waals surface area contributed by atoms with E-state index < -0.39 is 0 Å². The van der Waals surface area contributed by atoms with Crippen molar-refractivity contribution in [2.24, 2.45) is 0 Å². The summed E-state index contributed by atoms with van der Waals surface area (Å²) in [5.74, 6) is 0. The third kappa shape index (κ3) is 3.47. The van der Waals surface area contributed by atoms with E-state index in [-0.39, 0.29) is 0 Å². The summed E-state index contributed by atoms with van der Waals surface area (Å²) in [6.45, 7) is 3.15. The van der Waals surface area contributed by atoms with Gasteiger partial charge in [-0.15, -0.1) is 0 Å². The number of anilines is 2. The molecule has 1 aromatic carbocycles. The van der Waals surface area contributed by atoms with Crippen molar-refractivity contribution in [2.75, 3.05) is 30.9 Å². The maximum atomic E-state index is 4.44. The zero-order valence-corrected chi connectivity index (χ0v) is 11.9. The summed E-state index contributed by atoms with van der Waals surface area (Å²) in [6.07, 6.45) is 2.97. The van der Waals surface area contributed by atoms with Gasteiger partial charge in [0.2, 0.25) is 0 Å². The van der Waals surface area contributed by atoms with Gasteiger partial charge in [-0.3, -0.25) is 4.98 Å². The number of aromatic nitrogens is 1. The quantitative estimate of drug-likeness (QED) is 0.884. The summed E-state index contributed by atoms with van der Waals surface area (Å²) in [7, 11) is 4.09. The first kappa shape index (κ1) is 13.4. The maximum absolute atomic E-state index is 4.44. The minimum absolute atomic E-state index is 0.989. The van der Waals surface area contributed by atoms with Crippen LogP contribution in [0, 0.1) is 0 Å². The zero-order valence-electron chi connectivity index (χ0n) is 11.9. The average Bonchev–Trinajstić information content (AvgIpc) is 2.45. The highest BCUT2D eigenvalue weighted by atomic mass is 15.1. The van der Waals surface area contributed by atoms with Crippen molar-refractivity contribution in [3.63, 3.8) is 0 Å². The molecule has 0 bridgehead atoms. The molecule has 19 heavy (non-hydrogen) atoms. The molecule has 0 unspecified atom stereocenters. The normalized spacial score (nSPS) is 10.3. The minimum atomic E-state index is 0.989. The molecular weight excluding hydrogens is 234 g/mol. The lowest BCUT2D eigenvalue weighted by atomic mass is 10.1. The van der Waals surface area contributed by atoms with Gasteiger partial charge in [0.1, 0.15) is 0 Å². The summed E-state index contributed by atoms with van der Waals surface area (Å²) in [5.41, 5.74) is 4.48. The Kier molecular flexibility index (Phi) is 4.39. The number of benzene rings is 1. The smallest absolute Gasteiger partial charge is 0.0722 e. The number of hydrogen-bond donors (Lipinski definition) is 1. The molecule has 0 radical (unpaired) electrons. The molecule has 0 saturated carbocycles. The van der Waals surface area contributed by atoms with Crippen molar-refractivity contribution in [1.29, 1.82) is 0 Å². The van der Waals surface area contributed by atoms with Gasteiger partial charge in [0.15, 0.2) is 0 Å². The van der Waals surface area contributed by atoms with Gasteiger partial charge >= 0.3 is 0 Å². The third-order valence-electron chi connectivity index (χ3n) is 3.02. The van der Waals surface area contributed by atoms with Gasteiger partial charge in [-0.05, 0) is 30.7 Å². The van der Waals surface area contributed by atoms with Crippen LogP contribution in [0.4, 0.5) is 11.4 Å². The zero-order chi connectivity index (χ0) is 13.7. The van der Waals surface area contributed by atoms with E-state index in [0.29, 0.717) is 0 Å². The first-order valence-electron chi connectivity index (χ1n) is 6.68. The number of nitrogens with one attached hydrogen (secondary N) is 1. The van der Waals surface area contributed by atoms with Crippen LogP contribution in [0.15, 0.2) is 42.6 Å². The number of hydrogen-bond acceptors (Lipinski definition) is 3. The van der Waals surface area contributed by atoms with Crippen molar-refractivity contribution >= 4 is 11.4 Å². The second-order valence-electron chi connectivity index (χ2n) is 4.80. The van der Waals surface area contributed by atoms with E-state index in [2.05, 4.69) is 52.5 Å². The van der Waals surface area contributed by atoms with Crippen LogP contribution >= 0.6 is 0 Å². The van der Waals surface area contributed by atoms with Crippen LogP contribution in [-0.4, -0.2) is 25.6 Å². The fraction of sp³-hybridized carbons (Fsp3) is 0.312. The van der Waals surface area contributed by atoms with E-state index in [9.17, 15) is 0 Å². The first-order chi connectivity index (χ1) is 9.20. The Bertz CT molecular complexity index is 518. The summed E-state index contributed by atoms with van der Waals surface area (Å²) in [5, 5.41) is 3.39. The van der Waals surface area contributed by atoms with Crippen LogP contribution in [0.25, 0.3) is 11.3 Å². The van der Waals surface area contributed by atoms with Crippen molar-refractivity contribution in [2.45, 2.75) is 13.3 Å². The SMILES string of the molecule is CCCNc1ccnc(-c2ccc(N(C)C)cc2)c1. The van der Waals surface area contributed by atoms with E-state index in [1.54, 1.807) is 0 Å². The predicted octanol–water partition coefficient (Wildman–Crippen LogP) is 3.64. The number of rotatable bonds is 5. The summed E-state index contributed by atoms with van der Waals surface area (Å²) in [4.78, 5) is 6.53. The average molecular weight is 255 g/mol. The van der Waals surface area contributed by atoms with Gasteiger partial charge < -0.3 is 10.2 Å². The van der Waals surface area contributed by atoms with Crippen LogP contribution in [0.1, 0.15) is 13.3 Å². The van der Waals surface area contributed by atoms with Gasteiger partial charge in [-0.2, -0.15) is 0 Å². The molecule has 0 fully saturated rings. The molecule has 0 amide bonds. The molecule has 0 spiro atoms. The Hall–Kier alpha value is -2.03. The monoisotopic (exact) mass is 255 g/mol. The van der Waals surface area contributed by atoms with Crippen LogP contribution in [-0.2, 0) is 0 Å². The Morgan fingerprint density at radius 2 is 1.84 bits per heavy atom. The Morgan fingerprint density at radius 3 is 2.47 bits per heavy atom. The molecule has 0 aliphatic rings. The van der Waals surface area contributed by atoms with E-state index in [4.69, 9.17) is 0 Å². The Labute approximate surface area is 115 Å². The molecule has 3 heteroatoms. The molecule has 1 aromatic heterocycles. The Morgan fingerprint density at radius 1 is 1.11 bits per heavy atom. The highest BCUT2D eigenvalue weighted by Crippen LogP contribution is 2.22. The Balaban J connectivity index is 2.21. The minimum Gasteiger partial charge on any atom is -0.385 e. The second-order valence-corrected chi connectivity index (χ2v) is 4.80. The molecule has 0 saturated heterocycles. The van der Waals surface area contributed by atoms with Crippen molar-refractivity contribution < 1.29 is 0 Å². The lowest BCUT2D eigenvalue weighted by molar-refractivity contribution is 0.979. The van der Waals surface area contributed by atoms with Gasteiger partial charge in [-0.1, -0.05) is 19.1 Å². The number of nitrogens with zero attached hydrogens (tertiary/aromatic N) is 2. The maximum Gasteiger partial charge on any atom is 0.0722 e. The van der Waals surface area contributed by atoms with Crippen LogP contribution in [0.3, 0.4) is 0 Å².